The Kier molecular flexibility index (Phi) is 5.58. The van der Waals surface area contributed by atoms with Crippen LogP contribution in [0.15, 0.2) is 85.8 Å². The molecular formula is C28H26N6O. The fourth-order valence-corrected chi connectivity index (χ4v) is 4.45. The van der Waals surface area contributed by atoms with Gasteiger partial charge >= 0.3 is 0 Å². The molecule has 0 unspecified atom stereocenters. The van der Waals surface area contributed by atoms with Crippen LogP contribution in [0.5, 0.6) is 0 Å². The van der Waals surface area contributed by atoms with Crippen molar-refractivity contribution in [1.82, 2.24) is 29.2 Å². The molecule has 2 aromatic carbocycles. The number of carbonyl (C=O) groups excluding carboxylic acids is 1. The van der Waals surface area contributed by atoms with Gasteiger partial charge in [0.25, 0.3) is 5.91 Å². The molecule has 0 spiro atoms. The number of carbonyl (C=O) groups is 1. The molecule has 1 N–H and O–H groups in total. The first-order valence-electron chi connectivity index (χ1n) is 12.0. The largest absolute Gasteiger partial charge is 0.349 e. The van der Waals surface area contributed by atoms with Gasteiger partial charge in [-0.15, -0.1) is 0 Å². The highest BCUT2D eigenvalue weighted by Crippen LogP contribution is 2.29. The predicted molar refractivity (Wildman–Crippen MR) is 135 cm³/mol. The number of hydrogen-bond donors (Lipinski definition) is 1. The second-order valence-electron chi connectivity index (χ2n) is 9.00. The lowest BCUT2D eigenvalue weighted by Crippen LogP contribution is -2.25. The smallest absolute Gasteiger partial charge is 0.251 e. The third-order valence-electron chi connectivity index (χ3n) is 6.48. The van der Waals surface area contributed by atoms with Crippen LogP contribution < -0.4 is 5.32 Å². The molecule has 1 saturated carbocycles. The van der Waals surface area contributed by atoms with Gasteiger partial charge in [-0.2, -0.15) is 0 Å². The number of fused-ring (bicyclic) bond motifs is 1. The molecule has 0 bridgehead atoms. The van der Waals surface area contributed by atoms with Crippen molar-refractivity contribution in [2.75, 3.05) is 0 Å². The number of aromatic nitrogens is 5. The van der Waals surface area contributed by atoms with Crippen molar-refractivity contribution in [3.8, 4) is 22.5 Å². The maximum absolute atomic E-state index is 12.3. The normalized spacial score (nSPS) is 13.3. The van der Waals surface area contributed by atoms with Gasteiger partial charge in [0.05, 0.1) is 18.2 Å². The van der Waals surface area contributed by atoms with Crippen molar-refractivity contribution in [1.29, 1.82) is 0 Å². The van der Waals surface area contributed by atoms with E-state index in [1.165, 1.54) is 5.56 Å². The van der Waals surface area contributed by atoms with Gasteiger partial charge in [-0.05, 0) is 43.4 Å². The minimum absolute atomic E-state index is 0.00618. The van der Waals surface area contributed by atoms with Crippen LogP contribution in [0, 0.1) is 0 Å². The first-order valence-corrected chi connectivity index (χ1v) is 12.0. The maximum atomic E-state index is 12.3. The highest BCUT2D eigenvalue weighted by molar-refractivity contribution is 5.95. The summed E-state index contributed by atoms with van der Waals surface area (Å²) >= 11 is 0. The Morgan fingerprint density at radius 2 is 1.86 bits per heavy atom. The summed E-state index contributed by atoms with van der Waals surface area (Å²) in [6.45, 7) is 0.925. The molecule has 7 nitrogen and oxygen atoms in total. The van der Waals surface area contributed by atoms with E-state index in [2.05, 4.69) is 43.5 Å². The van der Waals surface area contributed by atoms with Crippen LogP contribution in [-0.4, -0.2) is 35.9 Å². The number of amides is 1. The molecule has 3 aromatic heterocycles. The van der Waals surface area contributed by atoms with E-state index in [0.717, 1.165) is 60.4 Å². The molecule has 174 valence electrons. The minimum Gasteiger partial charge on any atom is -0.349 e. The van der Waals surface area contributed by atoms with Gasteiger partial charge in [0, 0.05) is 54.1 Å². The summed E-state index contributed by atoms with van der Waals surface area (Å²) in [5.41, 5.74) is 6.71. The Labute approximate surface area is 203 Å². The lowest BCUT2D eigenvalue weighted by atomic mass is 10.0. The van der Waals surface area contributed by atoms with Gasteiger partial charge in [0.1, 0.15) is 5.69 Å². The van der Waals surface area contributed by atoms with E-state index in [0.29, 0.717) is 11.6 Å². The van der Waals surface area contributed by atoms with Crippen molar-refractivity contribution < 1.29 is 4.79 Å². The van der Waals surface area contributed by atoms with Gasteiger partial charge in [-0.1, -0.05) is 36.4 Å². The highest BCUT2D eigenvalue weighted by Gasteiger charge is 2.23. The number of aryl methyl sites for hydroxylation is 2. The van der Waals surface area contributed by atoms with Crippen LogP contribution in [0.4, 0.5) is 0 Å². The first-order chi connectivity index (χ1) is 17.3. The average molecular weight is 463 g/mol. The van der Waals surface area contributed by atoms with Gasteiger partial charge in [-0.25, -0.2) is 9.97 Å². The summed E-state index contributed by atoms with van der Waals surface area (Å²) < 4.78 is 4.17. The molecule has 1 aliphatic carbocycles. The zero-order valence-electron chi connectivity index (χ0n) is 19.3. The van der Waals surface area contributed by atoms with Crippen LogP contribution in [0.3, 0.4) is 0 Å². The molecule has 6 rings (SSSR count). The zero-order chi connectivity index (χ0) is 23.6. The molecule has 5 aromatic rings. The fraction of sp³-hybridized carbons (Fsp3) is 0.214. The summed E-state index contributed by atoms with van der Waals surface area (Å²) in [4.78, 5) is 25.9. The quantitative estimate of drug-likeness (QED) is 0.360. The van der Waals surface area contributed by atoms with Crippen molar-refractivity contribution in [2.45, 2.75) is 38.3 Å². The van der Waals surface area contributed by atoms with Crippen molar-refractivity contribution >= 4 is 11.6 Å². The third-order valence-corrected chi connectivity index (χ3v) is 6.48. The second-order valence-corrected chi connectivity index (χ2v) is 9.00. The lowest BCUT2D eigenvalue weighted by molar-refractivity contribution is 0.0951. The Bertz CT molecular complexity index is 1470. The molecule has 3 heterocycles. The average Bonchev–Trinajstić information content (AvgIpc) is 3.36. The molecule has 0 aliphatic heterocycles. The van der Waals surface area contributed by atoms with Crippen LogP contribution in [0.25, 0.3) is 28.2 Å². The highest BCUT2D eigenvalue weighted by atomic mass is 16.1. The van der Waals surface area contributed by atoms with Gasteiger partial charge in [0.2, 0.25) is 0 Å². The Hall–Kier alpha value is -4.26. The first kappa shape index (κ1) is 21.3. The van der Waals surface area contributed by atoms with Gasteiger partial charge < -0.3 is 9.88 Å². The Morgan fingerprint density at radius 3 is 2.66 bits per heavy atom. The maximum Gasteiger partial charge on any atom is 0.251 e. The van der Waals surface area contributed by atoms with E-state index >= 15 is 0 Å². The van der Waals surface area contributed by atoms with E-state index in [4.69, 9.17) is 9.97 Å². The topological polar surface area (TPSA) is 77.1 Å². The molecular weight excluding hydrogens is 436 g/mol. The van der Waals surface area contributed by atoms with Crippen molar-refractivity contribution in [2.24, 2.45) is 0 Å². The number of rotatable bonds is 8. The number of nitrogens with one attached hydrogen (secondary N) is 1. The van der Waals surface area contributed by atoms with Crippen LogP contribution in [0.1, 0.15) is 35.2 Å². The van der Waals surface area contributed by atoms with Crippen molar-refractivity contribution in [3.63, 3.8) is 0 Å². The third kappa shape index (κ3) is 4.45. The summed E-state index contributed by atoms with van der Waals surface area (Å²) in [5, 5.41) is 3.04. The standard InChI is InChI=1S/C28H26N6O/c35-28(32-23-11-12-23)22-9-7-21(8-10-22)25-18-31-27-26(30-14-17-34(25)27)24-6-2-1-4-20(24)5-3-15-33-16-13-29-19-33/h1-2,4,6-10,13-14,16-19,23H,3,5,11-12,15H2,(H,32,35). The molecule has 1 amide bonds. The van der Waals surface area contributed by atoms with Gasteiger partial charge in [0.15, 0.2) is 5.65 Å². The molecule has 35 heavy (non-hydrogen) atoms. The summed E-state index contributed by atoms with van der Waals surface area (Å²) in [6.07, 6.45) is 15.4. The molecule has 1 fully saturated rings. The van der Waals surface area contributed by atoms with E-state index in [1.807, 2.05) is 61.6 Å². The predicted octanol–water partition coefficient (Wildman–Crippen LogP) is 4.78. The number of hydrogen-bond acceptors (Lipinski definition) is 4. The molecule has 1 aliphatic rings. The SMILES string of the molecule is O=C(NC1CC1)c1ccc(-c2cnc3c(-c4ccccc4CCCn4ccnc4)nccn23)cc1. The summed E-state index contributed by atoms with van der Waals surface area (Å²) in [6, 6.07) is 16.5. The van der Waals surface area contributed by atoms with Crippen LogP contribution in [0.2, 0.25) is 0 Å². The number of imidazole rings is 2. The molecule has 0 saturated heterocycles. The van der Waals surface area contributed by atoms with Crippen molar-refractivity contribution in [3.05, 3.63) is 97.0 Å². The lowest BCUT2D eigenvalue weighted by Gasteiger charge is -2.11. The second kappa shape index (κ2) is 9.18. The van der Waals surface area contributed by atoms with E-state index in [9.17, 15) is 4.79 Å². The minimum atomic E-state index is -0.00618. The summed E-state index contributed by atoms with van der Waals surface area (Å²) in [5.74, 6) is -0.00618. The fourth-order valence-electron chi connectivity index (χ4n) is 4.45. The van der Waals surface area contributed by atoms with Crippen LogP contribution in [-0.2, 0) is 13.0 Å². The van der Waals surface area contributed by atoms with Crippen LogP contribution >= 0.6 is 0 Å². The zero-order valence-corrected chi connectivity index (χ0v) is 19.3. The van der Waals surface area contributed by atoms with E-state index in [1.54, 1.807) is 0 Å². The number of nitrogens with zero attached hydrogens (tertiary/aromatic N) is 5. The monoisotopic (exact) mass is 462 g/mol. The Balaban J connectivity index is 1.28. The summed E-state index contributed by atoms with van der Waals surface area (Å²) in [7, 11) is 0. The van der Waals surface area contributed by atoms with E-state index < -0.39 is 0 Å². The Morgan fingerprint density at radius 1 is 1.00 bits per heavy atom. The molecule has 0 atom stereocenters. The molecule has 7 heteroatoms. The van der Waals surface area contributed by atoms with Gasteiger partial charge in [-0.3, -0.25) is 14.2 Å². The molecule has 0 radical (unpaired) electrons. The van der Waals surface area contributed by atoms with E-state index in [-0.39, 0.29) is 5.91 Å². The number of benzene rings is 2.